The van der Waals surface area contributed by atoms with E-state index in [1.807, 2.05) is 0 Å². The Morgan fingerprint density at radius 2 is 2.05 bits per heavy atom. The molecule has 1 aliphatic rings. The summed E-state index contributed by atoms with van der Waals surface area (Å²) >= 11 is 3.33. The molecule has 2 N–H and O–H groups in total. The molecule has 114 valence electrons. The van der Waals surface area contributed by atoms with Gasteiger partial charge in [-0.25, -0.2) is 4.79 Å². The molecular weight excluding hydrogens is 338 g/mol. The zero-order valence-corrected chi connectivity index (χ0v) is 13.4. The number of hydrogen-bond acceptors (Lipinski definition) is 3. The fourth-order valence-corrected chi connectivity index (χ4v) is 3.16. The molecule has 0 aliphatic heterocycles. The summed E-state index contributed by atoms with van der Waals surface area (Å²) in [5, 5.41) is 12.0. The molecule has 1 amide bonds. The summed E-state index contributed by atoms with van der Waals surface area (Å²) in [5.41, 5.74) is 0.515. The van der Waals surface area contributed by atoms with Gasteiger partial charge in [0.25, 0.3) is 0 Å². The van der Waals surface area contributed by atoms with E-state index in [1.54, 1.807) is 18.2 Å². The highest BCUT2D eigenvalue weighted by Gasteiger charge is 2.28. The molecule has 6 heteroatoms. The molecule has 1 aromatic rings. The molecule has 0 bridgehead atoms. The molecular formula is C15H18BrNO4. The van der Waals surface area contributed by atoms with Crippen LogP contribution in [-0.4, -0.2) is 24.1 Å². The minimum atomic E-state index is -1.07. The zero-order chi connectivity index (χ0) is 15.4. The third kappa shape index (κ3) is 3.75. The van der Waals surface area contributed by atoms with Crippen molar-refractivity contribution in [3.63, 3.8) is 0 Å². The first-order valence-corrected chi connectivity index (χ1v) is 7.69. The number of rotatable bonds is 5. The van der Waals surface area contributed by atoms with E-state index in [4.69, 9.17) is 4.74 Å². The highest BCUT2D eigenvalue weighted by atomic mass is 79.9. The fourth-order valence-electron chi connectivity index (χ4n) is 2.60. The van der Waals surface area contributed by atoms with Crippen LogP contribution >= 0.6 is 15.9 Å². The SMILES string of the molecule is COc1ccc(C(NC(=O)C2CCCC2)C(=O)O)cc1Br. The van der Waals surface area contributed by atoms with Crippen molar-refractivity contribution < 1.29 is 19.4 Å². The van der Waals surface area contributed by atoms with E-state index in [0.717, 1.165) is 25.7 Å². The smallest absolute Gasteiger partial charge is 0.330 e. The minimum absolute atomic E-state index is 0.0615. The van der Waals surface area contributed by atoms with E-state index in [0.29, 0.717) is 15.8 Å². The number of benzene rings is 1. The summed E-state index contributed by atoms with van der Waals surface area (Å²) in [4.78, 5) is 23.6. The number of ether oxygens (including phenoxy) is 1. The molecule has 1 aliphatic carbocycles. The standard InChI is InChI=1S/C15H18BrNO4/c1-21-12-7-6-10(8-11(12)16)13(15(19)20)17-14(18)9-4-2-3-5-9/h6-9,13H,2-5H2,1H3,(H,17,18)(H,19,20). The van der Waals surface area contributed by atoms with Crippen LogP contribution in [0.2, 0.25) is 0 Å². The quantitative estimate of drug-likeness (QED) is 0.851. The van der Waals surface area contributed by atoms with Crippen molar-refractivity contribution in [1.82, 2.24) is 5.32 Å². The van der Waals surface area contributed by atoms with E-state index in [9.17, 15) is 14.7 Å². The molecule has 1 saturated carbocycles. The van der Waals surface area contributed by atoms with Crippen LogP contribution in [0.25, 0.3) is 0 Å². The summed E-state index contributed by atoms with van der Waals surface area (Å²) in [6, 6.07) is 3.95. The number of carboxylic acid groups (broad SMARTS) is 1. The Bertz CT molecular complexity index is 540. The van der Waals surface area contributed by atoms with Crippen LogP contribution in [0.3, 0.4) is 0 Å². The first-order valence-electron chi connectivity index (χ1n) is 6.89. The van der Waals surface area contributed by atoms with Gasteiger partial charge in [0.2, 0.25) is 5.91 Å². The number of carboxylic acids is 1. The molecule has 21 heavy (non-hydrogen) atoms. The second kappa shape index (κ2) is 6.93. The normalized spacial score (nSPS) is 16.5. The molecule has 0 spiro atoms. The van der Waals surface area contributed by atoms with Crippen molar-refractivity contribution >= 4 is 27.8 Å². The molecule has 5 nitrogen and oxygen atoms in total. The maximum Gasteiger partial charge on any atom is 0.330 e. The average molecular weight is 356 g/mol. The van der Waals surface area contributed by atoms with Crippen LogP contribution in [0.5, 0.6) is 5.75 Å². The van der Waals surface area contributed by atoms with Gasteiger partial charge >= 0.3 is 5.97 Å². The molecule has 2 rings (SSSR count). The molecule has 1 fully saturated rings. The number of aliphatic carboxylic acids is 1. The van der Waals surface area contributed by atoms with Crippen molar-refractivity contribution in [3.8, 4) is 5.75 Å². The highest BCUT2D eigenvalue weighted by Crippen LogP contribution is 2.29. The molecule has 1 unspecified atom stereocenters. The Hall–Kier alpha value is -1.56. The Morgan fingerprint density at radius 3 is 2.57 bits per heavy atom. The molecule has 1 atom stereocenters. The van der Waals surface area contributed by atoms with Crippen LogP contribution < -0.4 is 10.1 Å². The average Bonchev–Trinajstić information content (AvgIpc) is 2.98. The molecule has 0 aromatic heterocycles. The second-order valence-electron chi connectivity index (χ2n) is 5.16. The number of amides is 1. The van der Waals surface area contributed by atoms with Crippen molar-refractivity contribution in [2.45, 2.75) is 31.7 Å². The number of carbonyl (C=O) groups excluding carboxylic acids is 1. The van der Waals surface area contributed by atoms with Crippen LogP contribution in [0, 0.1) is 5.92 Å². The third-order valence-corrected chi connectivity index (χ3v) is 4.39. The summed E-state index contributed by atoms with van der Waals surface area (Å²) < 4.78 is 5.78. The van der Waals surface area contributed by atoms with Crippen LogP contribution in [0.1, 0.15) is 37.3 Å². The van der Waals surface area contributed by atoms with Crippen molar-refractivity contribution in [1.29, 1.82) is 0 Å². The topological polar surface area (TPSA) is 75.6 Å². The van der Waals surface area contributed by atoms with E-state index in [-0.39, 0.29) is 11.8 Å². The highest BCUT2D eigenvalue weighted by molar-refractivity contribution is 9.10. The Morgan fingerprint density at radius 1 is 1.38 bits per heavy atom. The van der Waals surface area contributed by atoms with Gasteiger partial charge in [-0.05, 0) is 46.5 Å². The van der Waals surface area contributed by atoms with Gasteiger partial charge in [0.05, 0.1) is 11.6 Å². The van der Waals surface area contributed by atoms with Gasteiger partial charge < -0.3 is 15.2 Å². The lowest BCUT2D eigenvalue weighted by Gasteiger charge is -2.18. The lowest BCUT2D eigenvalue weighted by atomic mass is 10.0. The van der Waals surface area contributed by atoms with Gasteiger partial charge in [0.1, 0.15) is 5.75 Å². The summed E-state index contributed by atoms with van der Waals surface area (Å²) in [5.74, 6) is -0.691. The van der Waals surface area contributed by atoms with Gasteiger partial charge in [0.15, 0.2) is 6.04 Å². The fraction of sp³-hybridized carbons (Fsp3) is 0.467. The predicted octanol–water partition coefficient (Wildman–Crippen LogP) is 2.89. The van der Waals surface area contributed by atoms with Gasteiger partial charge in [-0.15, -0.1) is 0 Å². The van der Waals surface area contributed by atoms with Gasteiger partial charge in [-0.3, -0.25) is 4.79 Å². The van der Waals surface area contributed by atoms with E-state index >= 15 is 0 Å². The van der Waals surface area contributed by atoms with Gasteiger partial charge in [0, 0.05) is 5.92 Å². The zero-order valence-electron chi connectivity index (χ0n) is 11.8. The minimum Gasteiger partial charge on any atom is -0.496 e. The van der Waals surface area contributed by atoms with Gasteiger partial charge in [-0.1, -0.05) is 18.9 Å². The maximum atomic E-state index is 12.1. The van der Waals surface area contributed by atoms with Crippen molar-refractivity contribution in [2.75, 3.05) is 7.11 Å². The first-order chi connectivity index (χ1) is 10.0. The van der Waals surface area contributed by atoms with E-state index in [1.165, 1.54) is 7.11 Å². The second-order valence-corrected chi connectivity index (χ2v) is 6.01. The molecule has 0 heterocycles. The number of carbonyl (C=O) groups is 2. The summed E-state index contributed by atoms with van der Waals surface area (Å²) in [6.45, 7) is 0. The number of halogens is 1. The molecule has 1 aromatic carbocycles. The van der Waals surface area contributed by atoms with Crippen molar-refractivity contribution in [2.24, 2.45) is 5.92 Å². The third-order valence-electron chi connectivity index (χ3n) is 3.77. The number of hydrogen-bond donors (Lipinski definition) is 2. The van der Waals surface area contributed by atoms with E-state index in [2.05, 4.69) is 21.2 Å². The molecule has 0 radical (unpaired) electrons. The summed E-state index contributed by atoms with van der Waals surface area (Å²) in [7, 11) is 1.54. The first kappa shape index (κ1) is 15.8. The monoisotopic (exact) mass is 355 g/mol. The molecule has 0 saturated heterocycles. The number of nitrogens with one attached hydrogen (secondary N) is 1. The van der Waals surface area contributed by atoms with E-state index < -0.39 is 12.0 Å². The Kier molecular flexibility index (Phi) is 5.22. The van der Waals surface area contributed by atoms with Crippen molar-refractivity contribution in [3.05, 3.63) is 28.2 Å². The Balaban J connectivity index is 2.16. The van der Waals surface area contributed by atoms with Gasteiger partial charge in [-0.2, -0.15) is 0 Å². The van der Waals surface area contributed by atoms with Crippen LogP contribution in [-0.2, 0) is 9.59 Å². The largest absolute Gasteiger partial charge is 0.496 e. The number of methoxy groups -OCH3 is 1. The Labute approximate surface area is 131 Å². The predicted molar refractivity (Wildman–Crippen MR) is 81.2 cm³/mol. The van der Waals surface area contributed by atoms with Crippen LogP contribution in [0.4, 0.5) is 0 Å². The van der Waals surface area contributed by atoms with Crippen LogP contribution in [0.15, 0.2) is 22.7 Å². The lowest BCUT2D eigenvalue weighted by Crippen LogP contribution is -2.37. The lowest BCUT2D eigenvalue weighted by molar-refractivity contribution is -0.142. The maximum absolute atomic E-state index is 12.1. The summed E-state index contributed by atoms with van der Waals surface area (Å²) in [6.07, 6.45) is 3.74.